The van der Waals surface area contributed by atoms with Crippen LogP contribution in [0.2, 0.25) is 0 Å². The summed E-state index contributed by atoms with van der Waals surface area (Å²) in [6, 6.07) is 12.0. The third-order valence-corrected chi connectivity index (χ3v) is 5.79. The Morgan fingerprint density at radius 1 is 1.32 bits per heavy atom. The molecule has 0 aliphatic heterocycles. The van der Waals surface area contributed by atoms with Crippen molar-refractivity contribution in [2.45, 2.75) is 63.9 Å². The van der Waals surface area contributed by atoms with Gasteiger partial charge in [-0.2, -0.15) is 0 Å². The standard InChI is InChI=1S/C26H30ClNO3/c1-3-4-8-25(31-22-15-11-19(18(2)17-22)12-16-26(29)30)24-7-5-6-23(28-24)20-9-13-21(27)14-10-20/h5-7,9-11,13,15,17,21,25H,3-4,8,12,14,16H2,1-2H3,(H,29,30). The summed E-state index contributed by atoms with van der Waals surface area (Å²) in [6.45, 7) is 4.17. The molecule has 3 rings (SSSR count). The van der Waals surface area contributed by atoms with E-state index in [-0.39, 0.29) is 17.9 Å². The Labute approximate surface area is 189 Å². The van der Waals surface area contributed by atoms with Crippen LogP contribution in [0.4, 0.5) is 0 Å². The molecule has 31 heavy (non-hydrogen) atoms. The smallest absolute Gasteiger partial charge is 0.303 e. The molecule has 0 saturated heterocycles. The topological polar surface area (TPSA) is 59.4 Å². The molecule has 1 aliphatic carbocycles. The highest BCUT2D eigenvalue weighted by atomic mass is 35.5. The van der Waals surface area contributed by atoms with E-state index in [2.05, 4.69) is 13.0 Å². The van der Waals surface area contributed by atoms with Gasteiger partial charge in [0.2, 0.25) is 0 Å². The van der Waals surface area contributed by atoms with E-state index in [9.17, 15) is 4.79 Å². The van der Waals surface area contributed by atoms with Crippen LogP contribution in [0.3, 0.4) is 0 Å². The minimum Gasteiger partial charge on any atom is -0.484 e. The summed E-state index contributed by atoms with van der Waals surface area (Å²) in [5.41, 5.74) is 5.02. The van der Waals surface area contributed by atoms with E-state index in [0.717, 1.165) is 59.5 Å². The molecule has 1 N–H and O–H groups in total. The van der Waals surface area contributed by atoms with Crippen LogP contribution < -0.4 is 4.74 Å². The number of benzene rings is 1. The Bertz CT molecular complexity index is 967. The third kappa shape index (κ3) is 6.70. The van der Waals surface area contributed by atoms with Gasteiger partial charge in [-0.25, -0.2) is 4.98 Å². The van der Waals surface area contributed by atoms with Gasteiger partial charge in [0.15, 0.2) is 0 Å². The van der Waals surface area contributed by atoms with Crippen LogP contribution in [0.25, 0.3) is 5.57 Å². The molecule has 2 atom stereocenters. The quantitative estimate of drug-likeness (QED) is 0.420. The molecule has 2 unspecified atom stereocenters. The zero-order valence-electron chi connectivity index (χ0n) is 18.2. The van der Waals surface area contributed by atoms with Gasteiger partial charge in [0.25, 0.3) is 0 Å². The summed E-state index contributed by atoms with van der Waals surface area (Å²) >= 11 is 6.16. The van der Waals surface area contributed by atoms with Crippen molar-refractivity contribution in [3.05, 3.63) is 77.1 Å². The van der Waals surface area contributed by atoms with Gasteiger partial charge >= 0.3 is 5.97 Å². The number of pyridine rings is 1. The van der Waals surface area contributed by atoms with Crippen molar-refractivity contribution in [1.82, 2.24) is 4.98 Å². The van der Waals surface area contributed by atoms with Gasteiger partial charge in [0.1, 0.15) is 11.9 Å². The second-order valence-electron chi connectivity index (χ2n) is 7.95. The molecule has 1 aromatic carbocycles. The number of halogens is 1. The molecule has 0 radical (unpaired) electrons. The average molecular weight is 440 g/mol. The van der Waals surface area contributed by atoms with Crippen molar-refractivity contribution in [2.24, 2.45) is 0 Å². The molecule has 0 fully saturated rings. The van der Waals surface area contributed by atoms with Crippen LogP contribution in [0.5, 0.6) is 5.75 Å². The molecule has 1 aromatic heterocycles. The molecule has 0 bridgehead atoms. The van der Waals surface area contributed by atoms with Crippen molar-refractivity contribution in [3.63, 3.8) is 0 Å². The summed E-state index contributed by atoms with van der Waals surface area (Å²) in [5.74, 6) is 0.00134. The van der Waals surface area contributed by atoms with Crippen LogP contribution >= 0.6 is 11.6 Å². The highest BCUT2D eigenvalue weighted by Crippen LogP contribution is 2.29. The number of hydrogen-bond acceptors (Lipinski definition) is 3. The molecule has 1 aliphatic rings. The van der Waals surface area contributed by atoms with Gasteiger partial charge < -0.3 is 9.84 Å². The van der Waals surface area contributed by atoms with Crippen molar-refractivity contribution in [2.75, 3.05) is 0 Å². The van der Waals surface area contributed by atoms with E-state index < -0.39 is 5.97 Å². The van der Waals surface area contributed by atoms with E-state index in [1.165, 1.54) is 0 Å². The summed E-state index contributed by atoms with van der Waals surface area (Å²) in [7, 11) is 0. The maximum atomic E-state index is 10.9. The van der Waals surface area contributed by atoms with Crippen LogP contribution in [0, 0.1) is 6.92 Å². The normalized spacial score (nSPS) is 16.6. The average Bonchev–Trinajstić information content (AvgIpc) is 2.76. The molecule has 2 aromatic rings. The number of alkyl halides is 1. The van der Waals surface area contributed by atoms with Crippen molar-refractivity contribution < 1.29 is 14.6 Å². The largest absolute Gasteiger partial charge is 0.484 e. The number of rotatable bonds is 10. The molecule has 164 valence electrons. The van der Waals surface area contributed by atoms with Gasteiger partial charge in [-0.15, -0.1) is 11.6 Å². The zero-order chi connectivity index (χ0) is 22.2. The first kappa shape index (κ1) is 23.1. The molecule has 4 nitrogen and oxygen atoms in total. The maximum Gasteiger partial charge on any atom is 0.303 e. The Balaban J connectivity index is 1.79. The van der Waals surface area contributed by atoms with E-state index >= 15 is 0 Å². The molecule has 0 spiro atoms. The van der Waals surface area contributed by atoms with E-state index in [4.69, 9.17) is 26.4 Å². The molecule has 1 heterocycles. The predicted octanol–water partition coefficient (Wildman–Crippen LogP) is 6.67. The fraction of sp³-hybridized carbons (Fsp3) is 0.385. The van der Waals surface area contributed by atoms with Gasteiger partial charge in [0.05, 0.1) is 16.8 Å². The van der Waals surface area contributed by atoms with E-state index in [0.29, 0.717) is 6.42 Å². The number of ether oxygens (including phenoxy) is 1. The number of aliphatic carboxylic acids is 1. The fourth-order valence-electron chi connectivity index (χ4n) is 3.66. The van der Waals surface area contributed by atoms with Crippen LogP contribution in [-0.2, 0) is 11.2 Å². The second-order valence-corrected chi connectivity index (χ2v) is 8.51. The number of carboxylic acid groups (broad SMARTS) is 1. The first-order valence-corrected chi connectivity index (χ1v) is 11.4. The van der Waals surface area contributed by atoms with Crippen molar-refractivity contribution in [3.8, 4) is 5.75 Å². The second kappa shape index (κ2) is 11.1. The first-order valence-electron chi connectivity index (χ1n) is 10.9. The molecular formula is C26H30ClNO3. The number of allylic oxidation sites excluding steroid dienone is 4. The SMILES string of the molecule is CCCCC(Oc1ccc(CCC(=O)O)c(C)c1)c1cccc(C2=CCC(Cl)C=C2)n1. The highest BCUT2D eigenvalue weighted by Gasteiger charge is 2.17. The minimum atomic E-state index is -0.783. The Hall–Kier alpha value is -2.59. The van der Waals surface area contributed by atoms with E-state index in [1.54, 1.807) is 0 Å². The lowest BCUT2D eigenvalue weighted by Gasteiger charge is -2.20. The molecular weight excluding hydrogens is 410 g/mol. The molecule has 5 heteroatoms. The number of hydrogen-bond donors (Lipinski definition) is 1. The monoisotopic (exact) mass is 439 g/mol. The summed E-state index contributed by atoms with van der Waals surface area (Å²) in [4.78, 5) is 15.8. The molecule has 0 saturated carbocycles. The Morgan fingerprint density at radius 2 is 2.16 bits per heavy atom. The summed E-state index contributed by atoms with van der Waals surface area (Å²) < 4.78 is 6.39. The zero-order valence-corrected chi connectivity index (χ0v) is 18.9. The highest BCUT2D eigenvalue weighted by molar-refractivity contribution is 6.22. The minimum absolute atomic E-state index is 0.0503. The maximum absolute atomic E-state index is 10.9. The number of carboxylic acids is 1. The lowest BCUT2D eigenvalue weighted by molar-refractivity contribution is -0.136. The van der Waals surface area contributed by atoms with Crippen LogP contribution in [-0.4, -0.2) is 21.4 Å². The Morgan fingerprint density at radius 3 is 2.84 bits per heavy atom. The van der Waals surface area contributed by atoms with Crippen LogP contribution in [0.15, 0.2) is 54.6 Å². The predicted molar refractivity (Wildman–Crippen MR) is 126 cm³/mol. The van der Waals surface area contributed by atoms with E-state index in [1.807, 2.05) is 55.5 Å². The van der Waals surface area contributed by atoms with Crippen molar-refractivity contribution in [1.29, 1.82) is 0 Å². The number of aromatic nitrogens is 1. The lowest BCUT2D eigenvalue weighted by atomic mass is 10.0. The number of nitrogens with zero attached hydrogens (tertiary/aromatic N) is 1. The molecule has 0 amide bonds. The van der Waals surface area contributed by atoms with Gasteiger partial charge in [0, 0.05) is 6.42 Å². The van der Waals surface area contributed by atoms with Crippen LogP contribution in [0.1, 0.15) is 67.6 Å². The summed E-state index contributed by atoms with van der Waals surface area (Å²) in [5, 5.41) is 8.98. The lowest BCUT2D eigenvalue weighted by Crippen LogP contribution is -2.11. The fourth-order valence-corrected chi connectivity index (χ4v) is 3.82. The number of aryl methyl sites for hydroxylation is 2. The van der Waals surface area contributed by atoms with Gasteiger partial charge in [-0.3, -0.25) is 4.79 Å². The number of carbonyl (C=O) groups is 1. The first-order chi connectivity index (χ1) is 15.0. The number of unbranched alkanes of at least 4 members (excludes halogenated alkanes) is 1. The van der Waals surface area contributed by atoms with Crippen molar-refractivity contribution >= 4 is 23.1 Å². The van der Waals surface area contributed by atoms with Gasteiger partial charge in [-0.05, 0) is 73.6 Å². The third-order valence-electron chi connectivity index (χ3n) is 5.46. The Kier molecular flexibility index (Phi) is 8.30. The summed E-state index contributed by atoms with van der Waals surface area (Å²) in [6.07, 6.45) is 10.5. The van der Waals surface area contributed by atoms with Gasteiger partial charge in [-0.1, -0.05) is 43.7 Å².